The molecule has 0 aliphatic heterocycles. The number of rotatable bonds is 7. The third kappa shape index (κ3) is 3.80. The molecule has 23 heavy (non-hydrogen) atoms. The molecule has 6 heteroatoms. The van der Waals surface area contributed by atoms with Gasteiger partial charge in [-0.3, -0.25) is 14.9 Å². The highest BCUT2D eigenvalue weighted by Crippen LogP contribution is 2.25. The minimum absolute atomic E-state index is 0.0234. The first kappa shape index (κ1) is 16.8. The van der Waals surface area contributed by atoms with Gasteiger partial charge in [-0.2, -0.15) is 0 Å². The maximum absolute atomic E-state index is 12.7. The maximum Gasteiger partial charge on any atom is 0.269 e. The van der Waals surface area contributed by atoms with Gasteiger partial charge < -0.3 is 10.1 Å². The molecular formula is C17H18N2O4. The Bertz CT molecular complexity index is 688. The molecule has 0 radical (unpaired) electrons. The average molecular weight is 314 g/mol. The summed E-state index contributed by atoms with van der Waals surface area (Å²) in [6.45, 7) is 0. The summed E-state index contributed by atoms with van der Waals surface area (Å²) in [5, 5.41) is 14.0. The van der Waals surface area contributed by atoms with Crippen LogP contribution in [0.25, 0.3) is 0 Å². The molecule has 6 nitrogen and oxygen atoms in total. The van der Waals surface area contributed by atoms with Crippen LogP contribution in [-0.2, 0) is 4.74 Å². The van der Waals surface area contributed by atoms with Crippen LogP contribution in [0, 0.1) is 10.1 Å². The van der Waals surface area contributed by atoms with Crippen molar-refractivity contribution in [2.24, 2.45) is 0 Å². The minimum atomic E-state index is -0.788. The molecule has 0 heterocycles. The Kier molecular flexibility index (Phi) is 5.56. The van der Waals surface area contributed by atoms with Gasteiger partial charge in [-0.25, -0.2) is 0 Å². The first-order chi connectivity index (χ1) is 11.1. The minimum Gasteiger partial charge on any atom is -0.371 e. The number of carbonyl (C=O) groups excluding carboxylic acids is 1. The summed E-state index contributed by atoms with van der Waals surface area (Å²) >= 11 is 0. The number of likely N-dealkylation sites (N-methyl/N-ethyl adjacent to an activating group) is 1. The summed E-state index contributed by atoms with van der Waals surface area (Å²) < 4.78 is 5.39. The van der Waals surface area contributed by atoms with E-state index in [1.807, 2.05) is 6.07 Å². The number of ether oxygens (including phenoxy) is 1. The first-order valence-electron chi connectivity index (χ1n) is 7.12. The largest absolute Gasteiger partial charge is 0.371 e. The average Bonchev–Trinajstić information content (AvgIpc) is 2.59. The van der Waals surface area contributed by atoms with Crippen LogP contribution in [0.5, 0.6) is 0 Å². The fourth-order valence-electron chi connectivity index (χ4n) is 2.49. The Morgan fingerprint density at radius 1 is 1.17 bits per heavy atom. The molecule has 1 N–H and O–H groups in total. The van der Waals surface area contributed by atoms with Crippen molar-refractivity contribution in [2.45, 2.75) is 12.1 Å². The number of Topliss-reactive ketones (excluding diaryl/α,β-unsaturated/α-hetero) is 1. The van der Waals surface area contributed by atoms with Gasteiger partial charge in [0.2, 0.25) is 0 Å². The number of nitrogens with one attached hydrogen (secondary N) is 1. The summed E-state index contributed by atoms with van der Waals surface area (Å²) in [5.74, 6) is -0.182. The summed E-state index contributed by atoms with van der Waals surface area (Å²) in [6, 6.07) is 14.5. The molecule has 2 rings (SSSR count). The van der Waals surface area contributed by atoms with Crippen molar-refractivity contribution in [1.29, 1.82) is 0 Å². The van der Waals surface area contributed by atoms with Gasteiger partial charge in [-0.1, -0.05) is 42.5 Å². The van der Waals surface area contributed by atoms with Crippen LogP contribution in [0.3, 0.4) is 0 Å². The van der Waals surface area contributed by atoms with E-state index in [2.05, 4.69) is 5.32 Å². The number of nitrogens with zero attached hydrogens (tertiary/aromatic N) is 1. The van der Waals surface area contributed by atoms with Crippen LogP contribution in [0.15, 0.2) is 54.6 Å². The second kappa shape index (κ2) is 7.62. The van der Waals surface area contributed by atoms with Crippen molar-refractivity contribution < 1.29 is 14.5 Å². The van der Waals surface area contributed by atoms with Crippen LogP contribution in [-0.4, -0.2) is 31.0 Å². The van der Waals surface area contributed by atoms with Crippen LogP contribution in [0.2, 0.25) is 0 Å². The molecule has 2 aromatic rings. The summed E-state index contributed by atoms with van der Waals surface area (Å²) in [5.41, 5.74) is 1.13. The third-order valence-corrected chi connectivity index (χ3v) is 3.62. The monoisotopic (exact) mass is 314 g/mol. The molecule has 120 valence electrons. The van der Waals surface area contributed by atoms with E-state index < -0.39 is 17.1 Å². The molecular weight excluding hydrogens is 296 g/mol. The first-order valence-corrected chi connectivity index (χ1v) is 7.12. The number of hydrogen-bond acceptors (Lipinski definition) is 5. The lowest BCUT2D eigenvalue weighted by Crippen LogP contribution is -2.37. The second-order valence-electron chi connectivity index (χ2n) is 5.01. The number of methoxy groups -OCH3 is 1. The van der Waals surface area contributed by atoms with Crippen LogP contribution in [0.4, 0.5) is 5.69 Å². The molecule has 0 aromatic heterocycles. The quantitative estimate of drug-likeness (QED) is 0.483. The fourth-order valence-corrected chi connectivity index (χ4v) is 2.49. The predicted octanol–water partition coefficient (Wildman–Crippen LogP) is 2.75. The molecule has 2 unspecified atom stereocenters. The van der Waals surface area contributed by atoms with E-state index in [-0.39, 0.29) is 11.5 Å². The topological polar surface area (TPSA) is 81.5 Å². The molecule has 2 aromatic carbocycles. The van der Waals surface area contributed by atoms with Gasteiger partial charge in [0, 0.05) is 24.8 Å². The Balaban J connectivity index is 2.35. The van der Waals surface area contributed by atoms with Crippen molar-refractivity contribution in [2.75, 3.05) is 14.2 Å². The van der Waals surface area contributed by atoms with E-state index in [1.54, 1.807) is 43.4 Å². The highest BCUT2D eigenvalue weighted by molar-refractivity contribution is 6.00. The van der Waals surface area contributed by atoms with Gasteiger partial charge in [0.25, 0.3) is 5.69 Å². The summed E-state index contributed by atoms with van der Waals surface area (Å²) in [6.07, 6.45) is -0.788. The van der Waals surface area contributed by atoms with Gasteiger partial charge in [-0.05, 0) is 12.6 Å². The normalized spacial score (nSPS) is 13.3. The molecule has 0 fully saturated rings. The van der Waals surface area contributed by atoms with E-state index in [4.69, 9.17) is 4.74 Å². The van der Waals surface area contributed by atoms with Crippen LogP contribution >= 0.6 is 0 Å². The number of nitro benzene ring substituents is 1. The highest BCUT2D eigenvalue weighted by atomic mass is 16.6. The van der Waals surface area contributed by atoms with E-state index in [0.29, 0.717) is 11.1 Å². The molecule has 2 atom stereocenters. The van der Waals surface area contributed by atoms with Gasteiger partial charge in [0.15, 0.2) is 5.78 Å². The lowest BCUT2D eigenvalue weighted by atomic mass is 9.94. The number of nitro groups is 1. The zero-order valence-corrected chi connectivity index (χ0v) is 12.9. The van der Waals surface area contributed by atoms with Crippen molar-refractivity contribution in [3.8, 4) is 0 Å². The van der Waals surface area contributed by atoms with Gasteiger partial charge in [-0.15, -0.1) is 0 Å². The summed E-state index contributed by atoms with van der Waals surface area (Å²) in [7, 11) is 3.14. The van der Waals surface area contributed by atoms with Gasteiger partial charge >= 0.3 is 0 Å². The van der Waals surface area contributed by atoms with Crippen molar-refractivity contribution in [3.05, 3.63) is 75.8 Å². The van der Waals surface area contributed by atoms with E-state index in [9.17, 15) is 14.9 Å². The lowest BCUT2D eigenvalue weighted by molar-refractivity contribution is -0.384. The molecule has 0 aliphatic carbocycles. The molecule has 0 spiro atoms. The number of non-ortho nitro benzene ring substituents is 1. The van der Waals surface area contributed by atoms with Crippen molar-refractivity contribution >= 4 is 11.5 Å². The number of ketones is 1. The van der Waals surface area contributed by atoms with E-state index in [0.717, 1.165) is 0 Å². The Morgan fingerprint density at radius 3 is 2.43 bits per heavy atom. The number of benzene rings is 2. The third-order valence-electron chi connectivity index (χ3n) is 3.62. The van der Waals surface area contributed by atoms with Crippen LogP contribution in [0.1, 0.15) is 22.0 Å². The fraction of sp³-hybridized carbons (Fsp3) is 0.235. The molecule has 0 bridgehead atoms. The van der Waals surface area contributed by atoms with E-state index in [1.165, 1.54) is 19.2 Å². The molecule has 0 saturated carbocycles. The van der Waals surface area contributed by atoms with E-state index >= 15 is 0 Å². The van der Waals surface area contributed by atoms with Crippen molar-refractivity contribution in [1.82, 2.24) is 5.32 Å². The van der Waals surface area contributed by atoms with Gasteiger partial charge in [0.05, 0.1) is 11.0 Å². The predicted molar refractivity (Wildman–Crippen MR) is 86.5 cm³/mol. The second-order valence-corrected chi connectivity index (χ2v) is 5.01. The number of carbonyl (C=O) groups is 1. The van der Waals surface area contributed by atoms with Crippen molar-refractivity contribution in [3.63, 3.8) is 0 Å². The zero-order valence-electron chi connectivity index (χ0n) is 12.9. The highest BCUT2D eigenvalue weighted by Gasteiger charge is 2.30. The Hall–Kier alpha value is -2.57. The lowest BCUT2D eigenvalue weighted by Gasteiger charge is -2.25. The van der Waals surface area contributed by atoms with Gasteiger partial charge in [0.1, 0.15) is 6.10 Å². The smallest absolute Gasteiger partial charge is 0.269 e. The standard InChI is InChI=1S/C17H18N2O4/c1-18-15(13-9-6-10-14(11-13)19(21)22)17(23-2)16(20)12-7-4-3-5-8-12/h3-11,15,17-18H,1-2H3. The maximum atomic E-state index is 12.7. The Labute approximate surface area is 134 Å². The van der Waals surface area contributed by atoms with Crippen LogP contribution < -0.4 is 5.32 Å². The molecule has 0 amide bonds. The number of hydrogen-bond donors (Lipinski definition) is 1. The zero-order chi connectivity index (χ0) is 16.8. The Morgan fingerprint density at radius 2 is 1.87 bits per heavy atom. The molecule has 0 saturated heterocycles. The summed E-state index contributed by atoms with van der Waals surface area (Å²) in [4.78, 5) is 23.2. The SMILES string of the molecule is CNC(c1cccc([N+](=O)[O-])c1)C(OC)C(=O)c1ccccc1. The molecule has 0 aliphatic rings.